The van der Waals surface area contributed by atoms with E-state index in [1.54, 1.807) is 0 Å². The molecule has 4 heteroatoms. The number of aliphatic hydroxyl groups excluding tert-OH is 1. The van der Waals surface area contributed by atoms with E-state index in [0.29, 0.717) is 6.54 Å². The fourth-order valence-electron chi connectivity index (χ4n) is 2.53. The Hall–Kier alpha value is -1.39. The van der Waals surface area contributed by atoms with E-state index in [4.69, 9.17) is 0 Å². The minimum absolute atomic E-state index is 0.106. The quantitative estimate of drug-likeness (QED) is 0.881. The summed E-state index contributed by atoms with van der Waals surface area (Å²) in [5.74, 6) is 0.999. The van der Waals surface area contributed by atoms with Gasteiger partial charge in [-0.25, -0.2) is 4.98 Å². The van der Waals surface area contributed by atoms with Crippen LogP contribution in [0.3, 0.4) is 0 Å². The second kappa shape index (κ2) is 5.94. The second-order valence-corrected chi connectivity index (χ2v) is 6.60. The van der Waals surface area contributed by atoms with Crippen molar-refractivity contribution >= 4 is 11.0 Å². The standard InChI is InChI=1S/C16H25N3O/c1-16(2,3)9-12(11-20)17-10-15-18-13-7-5-6-8-14(13)19(15)4/h5-8,12,17,20H,9-11H2,1-4H3. The minimum atomic E-state index is 0.106. The lowest BCUT2D eigenvalue weighted by atomic mass is 9.88. The number of imidazole rings is 1. The summed E-state index contributed by atoms with van der Waals surface area (Å²) in [6.45, 7) is 7.39. The number of aryl methyl sites for hydroxylation is 1. The summed E-state index contributed by atoms with van der Waals surface area (Å²) in [5.41, 5.74) is 2.36. The number of rotatable bonds is 5. The number of hydrogen-bond acceptors (Lipinski definition) is 3. The molecule has 4 nitrogen and oxygen atoms in total. The smallest absolute Gasteiger partial charge is 0.123 e. The number of fused-ring (bicyclic) bond motifs is 1. The lowest BCUT2D eigenvalue weighted by Gasteiger charge is -2.25. The molecule has 0 aliphatic carbocycles. The Morgan fingerprint density at radius 2 is 2.00 bits per heavy atom. The van der Waals surface area contributed by atoms with Gasteiger partial charge in [0.15, 0.2) is 0 Å². The molecule has 0 saturated carbocycles. The molecule has 0 aliphatic rings. The van der Waals surface area contributed by atoms with Crippen molar-refractivity contribution in [3.05, 3.63) is 30.1 Å². The van der Waals surface area contributed by atoms with Crippen molar-refractivity contribution in [1.29, 1.82) is 0 Å². The predicted molar refractivity (Wildman–Crippen MR) is 82.5 cm³/mol. The van der Waals surface area contributed by atoms with Crippen LogP contribution < -0.4 is 5.32 Å². The molecule has 0 spiro atoms. The first kappa shape index (κ1) is 15.0. The highest BCUT2D eigenvalue weighted by molar-refractivity contribution is 5.75. The van der Waals surface area contributed by atoms with E-state index in [-0.39, 0.29) is 18.1 Å². The molecular formula is C16H25N3O. The summed E-state index contributed by atoms with van der Waals surface area (Å²) >= 11 is 0. The molecule has 1 aromatic carbocycles. The fraction of sp³-hybridized carbons (Fsp3) is 0.562. The van der Waals surface area contributed by atoms with Crippen molar-refractivity contribution in [2.24, 2.45) is 12.5 Å². The van der Waals surface area contributed by atoms with Gasteiger partial charge < -0.3 is 15.0 Å². The van der Waals surface area contributed by atoms with Crippen molar-refractivity contribution in [2.75, 3.05) is 6.61 Å². The molecule has 1 unspecified atom stereocenters. The molecule has 0 saturated heterocycles. The largest absolute Gasteiger partial charge is 0.395 e. The molecule has 0 amide bonds. The zero-order chi connectivity index (χ0) is 14.8. The highest BCUT2D eigenvalue weighted by atomic mass is 16.3. The van der Waals surface area contributed by atoms with Gasteiger partial charge in [0.25, 0.3) is 0 Å². The van der Waals surface area contributed by atoms with Crippen LogP contribution in [0.25, 0.3) is 11.0 Å². The number of aromatic nitrogens is 2. The summed E-state index contributed by atoms with van der Waals surface area (Å²) in [6.07, 6.45) is 0.938. The third kappa shape index (κ3) is 3.58. The SMILES string of the molecule is Cn1c(CNC(CO)CC(C)(C)C)nc2ccccc21. The molecule has 20 heavy (non-hydrogen) atoms. The summed E-state index contributed by atoms with van der Waals surface area (Å²) in [4.78, 5) is 4.63. The normalized spacial score (nSPS) is 13.8. The van der Waals surface area contributed by atoms with Crippen molar-refractivity contribution in [1.82, 2.24) is 14.9 Å². The third-order valence-corrected chi connectivity index (χ3v) is 3.51. The first-order valence-electron chi connectivity index (χ1n) is 7.15. The number of hydrogen-bond donors (Lipinski definition) is 2. The van der Waals surface area contributed by atoms with Gasteiger partial charge in [-0.15, -0.1) is 0 Å². The maximum absolute atomic E-state index is 9.49. The molecule has 1 aromatic heterocycles. The zero-order valence-corrected chi connectivity index (χ0v) is 12.8. The minimum Gasteiger partial charge on any atom is -0.395 e. The number of benzene rings is 1. The molecule has 2 aromatic rings. The Bertz CT molecular complexity index is 569. The van der Waals surface area contributed by atoms with Crippen LogP contribution in [0, 0.1) is 5.41 Å². The summed E-state index contributed by atoms with van der Waals surface area (Å²) in [6, 6.07) is 8.23. The van der Waals surface area contributed by atoms with E-state index in [0.717, 1.165) is 23.3 Å². The van der Waals surface area contributed by atoms with E-state index in [1.807, 2.05) is 25.2 Å². The van der Waals surface area contributed by atoms with Crippen LogP contribution in [0.2, 0.25) is 0 Å². The van der Waals surface area contributed by atoms with Crippen LogP contribution >= 0.6 is 0 Å². The molecule has 2 N–H and O–H groups in total. The Balaban J connectivity index is 2.06. The average molecular weight is 275 g/mol. The van der Waals surface area contributed by atoms with Crippen molar-refractivity contribution < 1.29 is 5.11 Å². The van der Waals surface area contributed by atoms with Gasteiger partial charge in [-0.1, -0.05) is 32.9 Å². The average Bonchev–Trinajstić information content (AvgIpc) is 2.71. The zero-order valence-electron chi connectivity index (χ0n) is 12.8. The third-order valence-electron chi connectivity index (χ3n) is 3.51. The monoisotopic (exact) mass is 275 g/mol. The van der Waals surface area contributed by atoms with E-state index in [9.17, 15) is 5.11 Å². The Morgan fingerprint density at radius 3 is 2.60 bits per heavy atom. The Labute approximate surface area is 120 Å². The number of para-hydroxylation sites is 2. The van der Waals surface area contributed by atoms with Gasteiger partial charge in [0.05, 0.1) is 24.2 Å². The molecule has 0 radical (unpaired) electrons. The number of aliphatic hydroxyl groups is 1. The van der Waals surface area contributed by atoms with Crippen LogP contribution in [0.4, 0.5) is 0 Å². The van der Waals surface area contributed by atoms with Crippen molar-refractivity contribution in [3.8, 4) is 0 Å². The van der Waals surface area contributed by atoms with E-state index < -0.39 is 0 Å². The molecule has 1 atom stereocenters. The number of nitrogens with zero attached hydrogens (tertiary/aromatic N) is 2. The molecule has 110 valence electrons. The first-order valence-corrected chi connectivity index (χ1v) is 7.15. The van der Waals surface area contributed by atoms with Gasteiger partial charge in [-0.05, 0) is 24.0 Å². The van der Waals surface area contributed by atoms with Crippen LogP contribution in [0.5, 0.6) is 0 Å². The maximum atomic E-state index is 9.49. The van der Waals surface area contributed by atoms with E-state index >= 15 is 0 Å². The maximum Gasteiger partial charge on any atom is 0.123 e. The molecular weight excluding hydrogens is 250 g/mol. The van der Waals surface area contributed by atoms with Gasteiger partial charge in [0.2, 0.25) is 0 Å². The molecule has 0 bridgehead atoms. The van der Waals surface area contributed by atoms with Gasteiger partial charge >= 0.3 is 0 Å². The summed E-state index contributed by atoms with van der Waals surface area (Å²) < 4.78 is 2.11. The highest BCUT2D eigenvalue weighted by Crippen LogP contribution is 2.21. The lowest BCUT2D eigenvalue weighted by molar-refractivity contribution is 0.197. The van der Waals surface area contributed by atoms with E-state index in [1.165, 1.54) is 0 Å². The predicted octanol–water partition coefficient (Wildman–Crippen LogP) is 2.46. The number of nitrogens with one attached hydrogen (secondary N) is 1. The van der Waals surface area contributed by atoms with Gasteiger partial charge in [0.1, 0.15) is 5.82 Å². The van der Waals surface area contributed by atoms with Crippen LogP contribution in [0.15, 0.2) is 24.3 Å². The first-order chi connectivity index (χ1) is 9.40. The van der Waals surface area contributed by atoms with Crippen molar-refractivity contribution in [2.45, 2.75) is 39.8 Å². The molecule has 1 heterocycles. The van der Waals surface area contributed by atoms with Gasteiger partial charge in [-0.3, -0.25) is 0 Å². The van der Waals surface area contributed by atoms with Gasteiger partial charge in [-0.2, -0.15) is 0 Å². The van der Waals surface area contributed by atoms with Gasteiger partial charge in [0, 0.05) is 13.1 Å². The molecule has 2 rings (SSSR count). The van der Waals surface area contributed by atoms with E-state index in [2.05, 4.69) is 41.7 Å². The van der Waals surface area contributed by atoms with Crippen molar-refractivity contribution in [3.63, 3.8) is 0 Å². The fourth-order valence-corrected chi connectivity index (χ4v) is 2.53. The lowest BCUT2D eigenvalue weighted by Crippen LogP contribution is -2.36. The topological polar surface area (TPSA) is 50.1 Å². The van der Waals surface area contributed by atoms with Crippen LogP contribution in [0.1, 0.15) is 33.0 Å². The van der Waals surface area contributed by atoms with Crippen LogP contribution in [-0.2, 0) is 13.6 Å². The van der Waals surface area contributed by atoms with Crippen LogP contribution in [-0.4, -0.2) is 27.3 Å². The highest BCUT2D eigenvalue weighted by Gasteiger charge is 2.18. The molecule has 0 aliphatic heterocycles. The second-order valence-electron chi connectivity index (χ2n) is 6.60. The molecule has 0 fully saturated rings. The Kier molecular flexibility index (Phi) is 4.45. The Morgan fingerprint density at radius 1 is 1.30 bits per heavy atom. The summed E-state index contributed by atoms with van der Waals surface area (Å²) in [7, 11) is 2.03. The summed E-state index contributed by atoms with van der Waals surface area (Å²) in [5, 5.41) is 12.9.